The van der Waals surface area contributed by atoms with Gasteiger partial charge in [0, 0.05) is 24.7 Å². The molecule has 1 aliphatic rings. The van der Waals surface area contributed by atoms with Crippen LogP contribution >= 0.6 is 7.37 Å². The van der Waals surface area contributed by atoms with Crippen molar-refractivity contribution in [3.8, 4) is 0 Å². The second-order valence-corrected chi connectivity index (χ2v) is 12.7. The van der Waals surface area contributed by atoms with Crippen molar-refractivity contribution < 1.29 is 28.3 Å². The number of likely N-dealkylation sites (N-methyl/N-ethyl adjacent to an activating group) is 1. The average Bonchev–Trinajstić information content (AvgIpc) is 2.80. The molecule has 0 radical (unpaired) electrons. The van der Waals surface area contributed by atoms with Gasteiger partial charge in [0.05, 0.1) is 13.0 Å². The first kappa shape index (κ1) is 29.7. The van der Waals surface area contributed by atoms with Crippen molar-refractivity contribution in [1.29, 1.82) is 0 Å². The van der Waals surface area contributed by atoms with Crippen molar-refractivity contribution >= 4 is 31.0 Å². The van der Waals surface area contributed by atoms with E-state index in [-0.39, 0.29) is 49.1 Å². The Morgan fingerprint density at radius 2 is 1.69 bits per heavy atom. The topological polar surface area (TPSA) is 122 Å². The Hall–Kier alpha value is -2.51. The highest BCUT2D eigenvalue weighted by Gasteiger charge is 2.40. The molecule has 1 aromatic carbocycles. The summed E-state index contributed by atoms with van der Waals surface area (Å²) in [6, 6.07) is 6.14. The summed E-state index contributed by atoms with van der Waals surface area (Å²) >= 11 is 0. The van der Waals surface area contributed by atoms with Crippen LogP contribution in [0, 0.1) is 17.8 Å². The number of imide groups is 1. The van der Waals surface area contributed by atoms with E-state index >= 15 is 0 Å². The zero-order valence-electron chi connectivity index (χ0n) is 22.2. The minimum absolute atomic E-state index is 0.0347. The van der Waals surface area contributed by atoms with Crippen molar-refractivity contribution in [2.24, 2.45) is 17.8 Å². The molecular formula is C26H40N3O6P. The molecule has 9 nitrogen and oxygen atoms in total. The lowest BCUT2D eigenvalue weighted by atomic mass is 9.96. The third-order valence-electron chi connectivity index (χ3n) is 6.07. The third-order valence-corrected chi connectivity index (χ3v) is 8.51. The van der Waals surface area contributed by atoms with Crippen LogP contribution in [0.25, 0.3) is 0 Å². The third kappa shape index (κ3) is 8.00. The minimum Gasteiger partial charge on any atom is -0.357 e. The van der Waals surface area contributed by atoms with E-state index in [1.807, 2.05) is 27.7 Å². The van der Waals surface area contributed by atoms with Crippen molar-refractivity contribution in [2.75, 3.05) is 26.1 Å². The van der Waals surface area contributed by atoms with Gasteiger partial charge in [0.1, 0.15) is 12.3 Å². The molecular weight excluding hydrogens is 481 g/mol. The molecule has 3 atom stereocenters. The molecule has 0 fully saturated rings. The molecule has 0 aliphatic carbocycles. The standard InChI is InChI=1S/C26H40N3O6P/c1-7-35-36(34,16-29-23(30)14-19-10-8-9-11-21(19)26(29)33)15-20(12-17(2)3)24(31)28-22(13-18(4)5)25(32)27-6/h8-11,17-18,20,22H,7,12-16H2,1-6H3,(H,27,32)(H,28,31)/t20?,22-,36?/m0/s1. The second-order valence-electron chi connectivity index (χ2n) is 10.1. The van der Waals surface area contributed by atoms with E-state index in [2.05, 4.69) is 10.6 Å². The van der Waals surface area contributed by atoms with Gasteiger partial charge in [-0.25, -0.2) is 0 Å². The normalized spacial score (nSPS) is 16.9. The first-order valence-electron chi connectivity index (χ1n) is 12.6. The fourth-order valence-electron chi connectivity index (χ4n) is 4.48. The van der Waals surface area contributed by atoms with Gasteiger partial charge in [-0.1, -0.05) is 45.9 Å². The number of carbonyl (C=O) groups is 4. The molecule has 4 amide bonds. The fourth-order valence-corrected chi connectivity index (χ4v) is 6.96. The molecule has 0 spiro atoms. The number of carbonyl (C=O) groups excluding carboxylic acids is 4. The molecule has 0 aromatic heterocycles. The predicted octanol–water partition coefficient (Wildman–Crippen LogP) is 3.42. The van der Waals surface area contributed by atoms with E-state index in [1.54, 1.807) is 31.2 Å². The maximum Gasteiger partial charge on any atom is 0.261 e. The molecule has 1 aliphatic heterocycles. The molecule has 2 rings (SSSR count). The Bertz CT molecular complexity index is 1010. The molecule has 1 aromatic rings. The molecule has 0 saturated carbocycles. The molecule has 0 bridgehead atoms. The Morgan fingerprint density at radius 3 is 2.28 bits per heavy atom. The summed E-state index contributed by atoms with van der Waals surface area (Å²) in [5.41, 5.74) is 1.04. The molecule has 1 heterocycles. The highest BCUT2D eigenvalue weighted by Crippen LogP contribution is 2.50. The molecule has 200 valence electrons. The van der Waals surface area contributed by atoms with Crippen LogP contribution in [0.5, 0.6) is 0 Å². The smallest absolute Gasteiger partial charge is 0.261 e. The van der Waals surface area contributed by atoms with Crippen LogP contribution in [0.1, 0.15) is 63.4 Å². The van der Waals surface area contributed by atoms with Crippen LogP contribution in [-0.4, -0.2) is 60.7 Å². The van der Waals surface area contributed by atoms with Crippen LogP contribution < -0.4 is 10.6 Å². The Labute approximate surface area is 214 Å². The summed E-state index contributed by atoms with van der Waals surface area (Å²) < 4.78 is 19.7. The summed E-state index contributed by atoms with van der Waals surface area (Å²) in [7, 11) is -2.10. The maximum atomic E-state index is 14.0. The number of amides is 4. The summed E-state index contributed by atoms with van der Waals surface area (Å²) in [5.74, 6) is -2.09. The van der Waals surface area contributed by atoms with Gasteiger partial charge in [0.15, 0.2) is 0 Å². The lowest BCUT2D eigenvalue weighted by molar-refractivity contribution is -0.131. The van der Waals surface area contributed by atoms with Gasteiger partial charge in [-0.3, -0.25) is 28.6 Å². The van der Waals surface area contributed by atoms with Crippen molar-refractivity contribution in [1.82, 2.24) is 15.5 Å². The quantitative estimate of drug-likeness (QED) is 0.303. The predicted molar refractivity (Wildman–Crippen MR) is 139 cm³/mol. The van der Waals surface area contributed by atoms with E-state index in [4.69, 9.17) is 4.52 Å². The van der Waals surface area contributed by atoms with Gasteiger partial charge >= 0.3 is 0 Å². The van der Waals surface area contributed by atoms with Gasteiger partial charge in [0.2, 0.25) is 25.1 Å². The Kier molecular flexibility index (Phi) is 10.9. The lowest BCUT2D eigenvalue weighted by Gasteiger charge is -2.32. The number of rotatable bonds is 13. The number of hydrogen-bond donors (Lipinski definition) is 2. The number of nitrogens with zero attached hydrogens (tertiary/aromatic N) is 1. The van der Waals surface area contributed by atoms with E-state index in [0.29, 0.717) is 24.0 Å². The first-order chi connectivity index (χ1) is 16.9. The molecule has 0 saturated heterocycles. The monoisotopic (exact) mass is 521 g/mol. The van der Waals surface area contributed by atoms with Crippen LogP contribution in [0.3, 0.4) is 0 Å². The van der Waals surface area contributed by atoms with E-state index < -0.39 is 31.1 Å². The van der Waals surface area contributed by atoms with Gasteiger partial charge in [-0.15, -0.1) is 0 Å². The molecule has 2 unspecified atom stereocenters. The Morgan fingerprint density at radius 1 is 1.06 bits per heavy atom. The van der Waals surface area contributed by atoms with Crippen LogP contribution in [-0.2, 0) is 29.9 Å². The van der Waals surface area contributed by atoms with Crippen molar-refractivity contribution in [3.63, 3.8) is 0 Å². The van der Waals surface area contributed by atoms with Crippen molar-refractivity contribution in [2.45, 2.75) is 59.9 Å². The van der Waals surface area contributed by atoms with Gasteiger partial charge in [-0.2, -0.15) is 0 Å². The van der Waals surface area contributed by atoms with E-state index in [1.165, 1.54) is 7.05 Å². The Balaban J connectivity index is 2.29. The zero-order chi connectivity index (χ0) is 27.0. The SMILES string of the molecule is CCOP(=O)(CC(CC(C)C)C(=O)N[C@@H](CC(C)C)C(=O)NC)CN1C(=O)Cc2ccccc2C1=O. The number of benzene rings is 1. The number of fused-ring (bicyclic) bond motifs is 1. The highest BCUT2D eigenvalue weighted by molar-refractivity contribution is 7.59. The van der Waals surface area contributed by atoms with Gasteiger partial charge < -0.3 is 15.2 Å². The number of hydrogen-bond acceptors (Lipinski definition) is 6. The van der Waals surface area contributed by atoms with E-state index in [0.717, 1.165) is 4.90 Å². The summed E-state index contributed by atoms with van der Waals surface area (Å²) in [5, 5.41) is 5.41. The molecule has 2 N–H and O–H groups in total. The van der Waals surface area contributed by atoms with Gasteiger partial charge in [0.25, 0.3) is 5.91 Å². The fraction of sp³-hybridized carbons (Fsp3) is 0.615. The maximum absolute atomic E-state index is 14.0. The first-order valence-corrected chi connectivity index (χ1v) is 14.6. The summed E-state index contributed by atoms with van der Waals surface area (Å²) in [6.45, 7) is 9.61. The average molecular weight is 522 g/mol. The minimum atomic E-state index is -3.62. The van der Waals surface area contributed by atoms with Gasteiger partial charge in [-0.05, 0) is 43.2 Å². The van der Waals surface area contributed by atoms with Crippen molar-refractivity contribution in [3.05, 3.63) is 35.4 Å². The summed E-state index contributed by atoms with van der Waals surface area (Å²) in [6.07, 6.45) is 0.382. The summed E-state index contributed by atoms with van der Waals surface area (Å²) in [4.78, 5) is 52.6. The van der Waals surface area contributed by atoms with Crippen LogP contribution in [0.2, 0.25) is 0 Å². The molecule has 36 heavy (non-hydrogen) atoms. The second kappa shape index (κ2) is 13.2. The number of nitrogens with one attached hydrogen (secondary N) is 2. The van der Waals surface area contributed by atoms with Crippen LogP contribution in [0.4, 0.5) is 0 Å². The van der Waals surface area contributed by atoms with Crippen LogP contribution in [0.15, 0.2) is 24.3 Å². The highest BCUT2D eigenvalue weighted by atomic mass is 31.2. The molecule has 10 heteroatoms. The lowest BCUT2D eigenvalue weighted by Crippen LogP contribution is -2.49. The zero-order valence-corrected chi connectivity index (χ0v) is 23.1. The van der Waals surface area contributed by atoms with E-state index in [9.17, 15) is 23.7 Å². The largest absolute Gasteiger partial charge is 0.357 e.